The summed E-state index contributed by atoms with van der Waals surface area (Å²) in [5.41, 5.74) is 0.339. The van der Waals surface area contributed by atoms with E-state index in [4.69, 9.17) is 9.47 Å². The number of carbonyl (C=O) groups is 1. The number of nitrogens with zero attached hydrogens (tertiary/aromatic N) is 4. The summed E-state index contributed by atoms with van der Waals surface area (Å²) in [6.07, 6.45) is 1.52. The van der Waals surface area contributed by atoms with Gasteiger partial charge in [0.1, 0.15) is 12.3 Å². The lowest BCUT2D eigenvalue weighted by Crippen LogP contribution is -2.46. The molecule has 1 aliphatic heterocycles. The van der Waals surface area contributed by atoms with Gasteiger partial charge in [0.05, 0.1) is 32.4 Å². The molecule has 1 aliphatic rings. The highest BCUT2D eigenvalue weighted by molar-refractivity contribution is 6.36. The summed E-state index contributed by atoms with van der Waals surface area (Å²) in [6.45, 7) is 1.01. The zero-order valence-corrected chi connectivity index (χ0v) is 18.4. The van der Waals surface area contributed by atoms with Gasteiger partial charge in [0.2, 0.25) is 5.88 Å². The van der Waals surface area contributed by atoms with Crippen LogP contribution in [0.25, 0.3) is 0 Å². The first kappa shape index (κ1) is 23.0. The van der Waals surface area contributed by atoms with E-state index in [0.29, 0.717) is 17.1 Å². The van der Waals surface area contributed by atoms with Crippen LogP contribution in [0.2, 0.25) is 0 Å². The van der Waals surface area contributed by atoms with Gasteiger partial charge in [-0.2, -0.15) is 0 Å². The Balaban J connectivity index is 1.56. The maximum Gasteiger partial charge on any atom is 0.354 e. The van der Waals surface area contributed by atoms with Gasteiger partial charge in [-0.15, -0.1) is 0 Å². The Labute approximate surface area is 191 Å². The lowest BCUT2D eigenvalue weighted by molar-refractivity contribution is -0.137. The number of pyridine rings is 1. The predicted octanol–water partition coefficient (Wildman–Crippen LogP) is 1.75. The minimum absolute atomic E-state index is 0.0213. The fourth-order valence-electron chi connectivity index (χ4n) is 3.59. The summed E-state index contributed by atoms with van der Waals surface area (Å²) in [7, 11) is 1.47. The average Bonchev–Trinajstić information content (AvgIpc) is 2.85. The second-order valence-electron chi connectivity index (χ2n) is 7.63. The molecule has 0 fully saturated rings. The molecule has 9 nitrogen and oxygen atoms in total. The SMILES string of the molecule is COc1cc(COC(=O)C2=NCc3c(C)c(=O)n(Cc4ccc(F)c(F)c4)c(=O)n3C2)ccn1. The first-order valence-corrected chi connectivity index (χ1v) is 10.2. The standard InChI is InChI=1S/C23H20F2N4O5/c1-13-19-9-27-18(22(31)34-12-15-5-6-26-20(8-15)33-2)11-28(19)23(32)29(21(13)30)10-14-3-4-16(24)17(25)7-14/h3-8H,9-12H2,1-2H3. The number of fused-ring (bicyclic) bond motifs is 1. The molecule has 2 aromatic heterocycles. The van der Waals surface area contributed by atoms with Crippen molar-refractivity contribution in [3.8, 4) is 5.88 Å². The Morgan fingerprint density at radius 3 is 2.65 bits per heavy atom. The number of esters is 1. The molecule has 0 saturated heterocycles. The molecule has 0 radical (unpaired) electrons. The minimum atomic E-state index is -1.08. The summed E-state index contributed by atoms with van der Waals surface area (Å²) in [5.74, 6) is -2.44. The van der Waals surface area contributed by atoms with E-state index in [2.05, 4.69) is 9.98 Å². The van der Waals surface area contributed by atoms with E-state index in [1.807, 2.05) is 0 Å². The van der Waals surface area contributed by atoms with Crippen molar-refractivity contribution in [1.29, 1.82) is 0 Å². The van der Waals surface area contributed by atoms with Crippen LogP contribution >= 0.6 is 0 Å². The van der Waals surface area contributed by atoms with Gasteiger partial charge in [-0.3, -0.25) is 18.9 Å². The van der Waals surface area contributed by atoms with Gasteiger partial charge < -0.3 is 9.47 Å². The Bertz CT molecular complexity index is 1430. The van der Waals surface area contributed by atoms with Crippen LogP contribution in [0.15, 0.2) is 51.1 Å². The zero-order valence-electron chi connectivity index (χ0n) is 18.4. The van der Waals surface area contributed by atoms with Crippen LogP contribution in [-0.2, 0) is 35.8 Å². The van der Waals surface area contributed by atoms with Gasteiger partial charge in [-0.1, -0.05) is 6.07 Å². The second-order valence-corrected chi connectivity index (χ2v) is 7.63. The van der Waals surface area contributed by atoms with E-state index >= 15 is 0 Å². The maximum atomic E-state index is 13.6. The molecule has 0 N–H and O–H groups in total. The largest absolute Gasteiger partial charge is 0.481 e. The third-order valence-electron chi connectivity index (χ3n) is 5.45. The van der Waals surface area contributed by atoms with Crippen LogP contribution < -0.4 is 16.0 Å². The van der Waals surface area contributed by atoms with Crippen molar-refractivity contribution in [2.24, 2.45) is 4.99 Å². The van der Waals surface area contributed by atoms with Gasteiger partial charge in [0.25, 0.3) is 5.56 Å². The van der Waals surface area contributed by atoms with E-state index in [9.17, 15) is 23.2 Å². The smallest absolute Gasteiger partial charge is 0.354 e. The third-order valence-corrected chi connectivity index (χ3v) is 5.45. The first-order valence-electron chi connectivity index (χ1n) is 10.2. The van der Waals surface area contributed by atoms with Gasteiger partial charge in [0.15, 0.2) is 11.6 Å². The van der Waals surface area contributed by atoms with Gasteiger partial charge >= 0.3 is 11.7 Å². The fraction of sp³-hybridized carbons (Fsp3) is 0.261. The van der Waals surface area contributed by atoms with E-state index < -0.39 is 28.9 Å². The number of hydrogen-bond donors (Lipinski definition) is 0. The van der Waals surface area contributed by atoms with Crippen molar-refractivity contribution < 1.29 is 23.0 Å². The molecule has 34 heavy (non-hydrogen) atoms. The van der Waals surface area contributed by atoms with Crippen LogP contribution in [0.1, 0.15) is 22.4 Å². The summed E-state index contributed by atoms with van der Waals surface area (Å²) in [4.78, 5) is 46.6. The average molecular weight is 470 g/mol. The number of benzene rings is 1. The number of methoxy groups -OCH3 is 1. The first-order chi connectivity index (χ1) is 16.3. The summed E-state index contributed by atoms with van der Waals surface area (Å²) >= 11 is 0. The normalized spacial score (nSPS) is 12.6. The highest BCUT2D eigenvalue weighted by Gasteiger charge is 2.25. The van der Waals surface area contributed by atoms with Crippen LogP contribution in [0.5, 0.6) is 5.88 Å². The van der Waals surface area contributed by atoms with Crippen LogP contribution in [0, 0.1) is 18.6 Å². The second kappa shape index (κ2) is 9.38. The Morgan fingerprint density at radius 2 is 1.91 bits per heavy atom. The molecule has 3 aromatic rings. The lowest BCUT2D eigenvalue weighted by Gasteiger charge is -2.21. The third kappa shape index (κ3) is 4.49. The molecule has 0 atom stereocenters. The fourth-order valence-corrected chi connectivity index (χ4v) is 3.59. The van der Waals surface area contributed by atoms with Gasteiger partial charge in [-0.05, 0) is 36.2 Å². The van der Waals surface area contributed by atoms with E-state index in [-0.39, 0.29) is 43.1 Å². The van der Waals surface area contributed by atoms with E-state index in [1.165, 1.54) is 23.9 Å². The molecule has 0 aliphatic carbocycles. The molecule has 1 aromatic carbocycles. The molecule has 3 heterocycles. The van der Waals surface area contributed by atoms with Crippen molar-refractivity contribution in [2.75, 3.05) is 7.11 Å². The number of ether oxygens (including phenoxy) is 2. The number of halogens is 2. The van der Waals surface area contributed by atoms with Crippen molar-refractivity contribution in [2.45, 2.75) is 33.2 Å². The van der Waals surface area contributed by atoms with Gasteiger partial charge in [-0.25, -0.2) is 23.4 Å². The summed E-state index contributed by atoms with van der Waals surface area (Å²) < 4.78 is 39.4. The number of carbonyl (C=O) groups excluding carboxylic acids is 1. The predicted molar refractivity (Wildman–Crippen MR) is 117 cm³/mol. The van der Waals surface area contributed by atoms with Gasteiger partial charge in [0, 0.05) is 17.8 Å². The van der Waals surface area contributed by atoms with Crippen molar-refractivity contribution in [1.82, 2.24) is 14.1 Å². The lowest BCUT2D eigenvalue weighted by atomic mass is 10.1. The summed E-state index contributed by atoms with van der Waals surface area (Å²) in [6, 6.07) is 6.44. The highest BCUT2D eigenvalue weighted by atomic mass is 19.2. The minimum Gasteiger partial charge on any atom is -0.481 e. The van der Waals surface area contributed by atoms with Crippen molar-refractivity contribution in [3.63, 3.8) is 0 Å². The molecule has 0 unspecified atom stereocenters. The Hall–Kier alpha value is -4.15. The zero-order chi connectivity index (χ0) is 24.4. The molecule has 0 bridgehead atoms. The van der Waals surface area contributed by atoms with Crippen LogP contribution in [0.4, 0.5) is 8.78 Å². The molecule has 0 amide bonds. The number of hydrogen-bond acceptors (Lipinski definition) is 7. The molecule has 4 rings (SSSR count). The number of aromatic nitrogens is 3. The molecular formula is C23H20F2N4O5. The number of rotatable bonds is 6. The molecule has 11 heteroatoms. The molecular weight excluding hydrogens is 450 g/mol. The Morgan fingerprint density at radius 1 is 1.12 bits per heavy atom. The van der Waals surface area contributed by atoms with E-state index in [0.717, 1.165) is 16.7 Å². The Kier molecular flexibility index (Phi) is 6.35. The molecule has 176 valence electrons. The highest BCUT2D eigenvalue weighted by Crippen LogP contribution is 2.14. The summed E-state index contributed by atoms with van der Waals surface area (Å²) in [5, 5.41) is 0. The topological polar surface area (TPSA) is 105 Å². The molecule has 0 spiro atoms. The van der Waals surface area contributed by atoms with E-state index in [1.54, 1.807) is 19.1 Å². The van der Waals surface area contributed by atoms with Crippen molar-refractivity contribution >= 4 is 11.7 Å². The van der Waals surface area contributed by atoms with Crippen LogP contribution in [0.3, 0.4) is 0 Å². The van der Waals surface area contributed by atoms with Crippen molar-refractivity contribution in [3.05, 3.63) is 91.4 Å². The van der Waals surface area contributed by atoms with Crippen LogP contribution in [-0.4, -0.2) is 32.9 Å². The maximum absolute atomic E-state index is 13.6. The molecule has 0 saturated carbocycles. The number of aliphatic imine (C=N–C) groups is 1. The quantitative estimate of drug-likeness (QED) is 0.509. The monoisotopic (exact) mass is 470 g/mol.